The van der Waals surface area contributed by atoms with Crippen LogP contribution in [0.3, 0.4) is 0 Å². The van der Waals surface area contributed by atoms with Gasteiger partial charge in [-0.1, -0.05) is 0 Å². The van der Waals surface area contributed by atoms with Crippen LogP contribution in [0, 0.1) is 0 Å². The van der Waals surface area contributed by atoms with E-state index in [1.165, 1.54) is 0 Å². The van der Waals surface area contributed by atoms with E-state index >= 15 is 0 Å². The molecule has 0 rings (SSSR count). The summed E-state index contributed by atoms with van der Waals surface area (Å²) in [6.07, 6.45) is 0. The molecule has 0 amide bonds. The molecule has 0 N–H and O–H groups in total. The summed E-state index contributed by atoms with van der Waals surface area (Å²) in [6, 6.07) is 0. The van der Waals surface area contributed by atoms with Crippen molar-refractivity contribution in [1.82, 2.24) is 0 Å². The van der Waals surface area contributed by atoms with Crippen LogP contribution in [0.2, 0.25) is 0 Å². The predicted octanol–water partition coefficient (Wildman–Crippen LogP) is 6.95. The van der Waals surface area contributed by atoms with E-state index in [-0.39, 0.29) is 0 Å². The average Bonchev–Trinajstić information content (AvgIpc) is 2.26. The van der Waals surface area contributed by atoms with Gasteiger partial charge in [0.2, 0.25) is 0 Å². The molecule has 21 heavy (non-hydrogen) atoms. The van der Waals surface area contributed by atoms with Gasteiger partial charge in [-0.15, -0.1) is 139 Å². The van der Waals surface area contributed by atoms with Crippen LogP contribution in [0.15, 0.2) is 0 Å². The summed E-state index contributed by atoms with van der Waals surface area (Å²) in [5.41, 5.74) is 0. The second kappa shape index (κ2) is 10.3. The zero-order valence-corrected chi connectivity index (χ0v) is 20.5. The third-order valence-electron chi connectivity index (χ3n) is 2.40. The van der Waals surface area contributed by atoms with Gasteiger partial charge in [0, 0.05) is 0 Å². The van der Waals surface area contributed by atoms with Crippen LogP contribution in [-0.2, 0) is 4.12 Å². The van der Waals surface area contributed by atoms with Crippen molar-refractivity contribution in [3.8, 4) is 0 Å². The van der Waals surface area contributed by atoms with Crippen LogP contribution in [0.5, 0.6) is 0 Å². The van der Waals surface area contributed by atoms with Crippen molar-refractivity contribution in [2.24, 2.45) is 0 Å². The van der Waals surface area contributed by atoms with E-state index < -0.39 is 43.4 Å². The van der Waals surface area contributed by atoms with Crippen LogP contribution in [-0.4, -0.2) is 43.4 Å². The minimum Gasteiger partial charge on any atom is -0.446 e. The molecule has 1 nitrogen and oxygen atoms in total. The Hall–Kier alpha value is 3.87. The molecule has 0 radical (unpaired) electrons. The minimum absolute atomic E-state index is 1.25. The van der Waals surface area contributed by atoms with E-state index in [2.05, 4.69) is 0 Å². The SMILES string of the molecule is ClC(Cl)[Si](O[Si](C(Cl)Cl)(C(Cl)Cl)C(Cl)Cl)(C(Cl)Cl)C(Cl)Cl. The first-order chi connectivity index (χ1) is 9.37. The van der Waals surface area contributed by atoms with E-state index in [0.29, 0.717) is 0 Å². The second-order valence-corrected chi connectivity index (χ2v) is 22.3. The summed E-state index contributed by atoms with van der Waals surface area (Å²) in [6.45, 7) is 0. The maximum atomic E-state index is 5.94. The largest absolute Gasteiger partial charge is 0.446 e. The molecule has 0 heterocycles. The Morgan fingerprint density at radius 3 is 0.619 bits per heavy atom. The van der Waals surface area contributed by atoms with E-state index in [1.54, 1.807) is 0 Å². The summed E-state index contributed by atoms with van der Waals surface area (Å²) in [5, 5.41) is 0. The number of rotatable bonds is 8. The highest BCUT2D eigenvalue weighted by Gasteiger charge is 2.64. The van der Waals surface area contributed by atoms with E-state index in [1.807, 2.05) is 0 Å². The topological polar surface area (TPSA) is 9.23 Å². The molecule has 0 aromatic carbocycles. The zero-order valence-electron chi connectivity index (χ0n) is 9.41. The van der Waals surface area contributed by atoms with E-state index in [4.69, 9.17) is 143 Å². The van der Waals surface area contributed by atoms with Crippen molar-refractivity contribution in [3.05, 3.63) is 0 Å². The molecule has 0 aliphatic rings. The molecule has 0 aromatic rings. The van der Waals surface area contributed by atoms with Gasteiger partial charge in [-0.3, -0.25) is 0 Å². The quantitative estimate of drug-likeness (QED) is 0.225. The zero-order chi connectivity index (χ0) is 17.2. The maximum Gasteiger partial charge on any atom is 0.280 e. The fraction of sp³-hybridized carbons (Fsp3) is 1.00. The number of hydrogen-bond donors (Lipinski definition) is 0. The van der Waals surface area contributed by atoms with Crippen LogP contribution in [0.4, 0.5) is 0 Å². The van der Waals surface area contributed by atoms with Crippen molar-refractivity contribution >= 4 is 156 Å². The lowest BCUT2D eigenvalue weighted by atomic mass is 11.7. The van der Waals surface area contributed by atoms with Gasteiger partial charge in [-0.05, 0) is 0 Å². The predicted molar refractivity (Wildman–Crippen MR) is 106 cm³/mol. The Bertz CT molecular complexity index is 249. The van der Waals surface area contributed by atoms with Gasteiger partial charge in [0.1, 0.15) is 26.8 Å². The van der Waals surface area contributed by atoms with E-state index in [9.17, 15) is 0 Å². The lowest BCUT2D eigenvalue weighted by molar-refractivity contribution is 0.528. The van der Waals surface area contributed by atoms with Crippen molar-refractivity contribution in [1.29, 1.82) is 0 Å². The smallest absolute Gasteiger partial charge is 0.280 e. The third-order valence-corrected chi connectivity index (χ3v) is 21.6. The fourth-order valence-corrected chi connectivity index (χ4v) is 25.4. The maximum absolute atomic E-state index is 5.94. The molecule has 0 aliphatic carbocycles. The Kier molecular flexibility index (Phi) is 12.2. The first kappa shape index (κ1) is 24.9. The lowest BCUT2D eigenvalue weighted by Crippen LogP contribution is -2.71. The van der Waals surface area contributed by atoms with Crippen molar-refractivity contribution in [2.75, 3.05) is 0 Å². The summed E-state index contributed by atoms with van der Waals surface area (Å²) < 4.78 is -1.64. The highest BCUT2D eigenvalue weighted by molar-refractivity contribution is 7.15. The Balaban J connectivity index is 6.06. The van der Waals surface area contributed by atoms with E-state index in [0.717, 1.165) is 0 Å². The van der Waals surface area contributed by atoms with Crippen molar-refractivity contribution < 1.29 is 4.12 Å². The second-order valence-electron chi connectivity index (χ2n) is 3.61. The first-order valence-corrected chi connectivity index (χ1v) is 14.3. The van der Waals surface area contributed by atoms with Gasteiger partial charge < -0.3 is 4.12 Å². The number of alkyl halides is 12. The molecule has 0 aromatic heterocycles. The summed E-state index contributed by atoms with van der Waals surface area (Å²) in [7, 11) is -7.41. The molecule has 0 aliphatic heterocycles. The van der Waals surface area contributed by atoms with Gasteiger partial charge in [-0.2, -0.15) is 0 Å². The Labute approximate surface area is 184 Å². The van der Waals surface area contributed by atoms with Gasteiger partial charge in [0.05, 0.1) is 0 Å². The summed E-state index contributed by atoms with van der Waals surface area (Å²) >= 11 is 71.3. The van der Waals surface area contributed by atoms with Crippen LogP contribution < -0.4 is 0 Å². The molecule has 0 spiro atoms. The Morgan fingerprint density at radius 1 is 0.381 bits per heavy atom. The molecular formula is C6H6Cl12OSi2. The molecule has 0 unspecified atom stereocenters. The standard InChI is InChI=1S/C6H6Cl12OSi2/c7-1(8)20(2(9)10,3(11)12)19-21(4(13)14,5(15)16)6(17)18/h1-6H. The molecule has 128 valence electrons. The molecule has 0 saturated carbocycles. The monoisotopic (exact) mass is 570 g/mol. The van der Waals surface area contributed by atoms with Gasteiger partial charge in [0.15, 0.2) is 0 Å². The van der Waals surface area contributed by atoms with Crippen molar-refractivity contribution in [2.45, 2.75) is 26.8 Å². The Morgan fingerprint density at radius 2 is 0.524 bits per heavy atom. The average molecular weight is 576 g/mol. The van der Waals surface area contributed by atoms with Crippen LogP contribution >= 0.6 is 139 Å². The molecular weight excluding hydrogens is 570 g/mol. The minimum atomic E-state index is -3.70. The van der Waals surface area contributed by atoms with Crippen LogP contribution in [0.25, 0.3) is 0 Å². The van der Waals surface area contributed by atoms with Crippen LogP contribution in [0.1, 0.15) is 0 Å². The van der Waals surface area contributed by atoms with Gasteiger partial charge in [0.25, 0.3) is 16.6 Å². The highest BCUT2D eigenvalue weighted by atomic mass is 35.6. The first-order valence-electron chi connectivity index (χ1n) is 4.76. The van der Waals surface area contributed by atoms with Gasteiger partial charge in [-0.25, -0.2) is 0 Å². The summed E-state index contributed by atoms with van der Waals surface area (Å²) in [5.74, 6) is 0. The molecule has 0 fully saturated rings. The molecule has 15 heteroatoms. The molecule has 0 saturated heterocycles. The number of hydrogen-bond acceptors (Lipinski definition) is 1. The highest BCUT2D eigenvalue weighted by Crippen LogP contribution is 2.45. The van der Waals surface area contributed by atoms with Gasteiger partial charge >= 0.3 is 0 Å². The van der Waals surface area contributed by atoms with Crippen molar-refractivity contribution in [3.63, 3.8) is 0 Å². The third kappa shape index (κ3) is 5.43. The molecule has 0 atom stereocenters. The fourth-order valence-electron chi connectivity index (χ4n) is 1.14. The molecule has 0 bridgehead atoms. The summed E-state index contributed by atoms with van der Waals surface area (Å²) in [4.78, 5) is 0. The normalized spacial score (nSPS) is 14.6. The number of halogens is 12. The lowest BCUT2D eigenvalue weighted by Gasteiger charge is -2.45.